The van der Waals surface area contributed by atoms with Gasteiger partial charge in [0.1, 0.15) is 0 Å². The molecule has 0 spiro atoms. The van der Waals surface area contributed by atoms with Crippen LogP contribution in [0, 0.1) is 11.6 Å². The number of nitrogens with two attached hydrogens (primary N) is 1. The van der Waals surface area contributed by atoms with Crippen molar-refractivity contribution in [2.24, 2.45) is 0 Å². The van der Waals surface area contributed by atoms with Gasteiger partial charge in [0.2, 0.25) is 0 Å². The third-order valence-electron chi connectivity index (χ3n) is 2.26. The van der Waals surface area contributed by atoms with Crippen molar-refractivity contribution in [3.63, 3.8) is 0 Å². The maximum Gasteiger partial charge on any atom is 0.389 e. The summed E-state index contributed by atoms with van der Waals surface area (Å²) in [6, 6.07) is 1.24. The summed E-state index contributed by atoms with van der Waals surface area (Å²) < 4.78 is 61.2. The van der Waals surface area contributed by atoms with Crippen LogP contribution in [-0.2, 0) is 0 Å². The first-order valence-electron chi connectivity index (χ1n) is 5.30. The van der Waals surface area contributed by atoms with E-state index in [0.29, 0.717) is 12.1 Å². The van der Waals surface area contributed by atoms with Crippen molar-refractivity contribution < 1.29 is 26.7 Å². The van der Waals surface area contributed by atoms with Crippen LogP contribution in [0.5, 0.6) is 0 Å². The van der Waals surface area contributed by atoms with Gasteiger partial charge in [-0.15, -0.1) is 0 Å². The summed E-state index contributed by atoms with van der Waals surface area (Å²) in [6.45, 7) is -0.239. The molecule has 0 bridgehead atoms. The lowest BCUT2D eigenvalue weighted by Crippen LogP contribution is -2.26. The van der Waals surface area contributed by atoms with Crippen LogP contribution < -0.4 is 11.1 Å². The largest absolute Gasteiger partial charge is 0.398 e. The Morgan fingerprint density at radius 2 is 1.79 bits per heavy atom. The van der Waals surface area contributed by atoms with E-state index < -0.39 is 30.1 Å². The van der Waals surface area contributed by atoms with E-state index in [9.17, 15) is 26.7 Å². The van der Waals surface area contributed by atoms with Crippen LogP contribution in [0.15, 0.2) is 12.1 Å². The Balaban J connectivity index is 2.57. The van der Waals surface area contributed by atoms with E-state index >= 15 is 0 Å². The van der Waals surface area contributed by atoms with E-state index in [1.807, 2.05) is 0 Å². The molecule has 0 atom stereocenters. The molecule has 0 fully saturated rings. The zero-order valence-electron chi connectivity index (χ0n) is 9.65. The Bertz CT molecular complexity index is 473. The fraction of sp³-hybridized carbons (Fsp3) is 0.364. The van der Waals surface area contributed by atoms with Crippen LogP contribution in [-0.4, -0.2) is 18.6 Å². The highest BCUT2D eigenvalue weighted by Gasteiger charge is 2.26. The summed E-state index contributed by atoms with van der Waals surface area (Å²) in [6.07, 6.45) is -5.65. The second-order valence-corrected chi connectivity index (χ2v) is 3.83. The maximum absolute atomic E-state index is 12.9. The van der Waals surface area contributed by atoms with Crippen molar-refractivity contribution in [2.45, 2.75) is 19.0 Å². The molecule has 3 N–H and O–H groups in total. The summed E-state index contributed by atoms with van der Waals surface area (Å²) >= 11 is 0. The average Bonchev–Trinajstić information content (AvgIpc) is 2.28. The van der Waals surface area contributed by atoms with Crippen molar-refractivity contribution in [2.75, 3.05) is 12.3 Å². The highest BCUT2D eigenvalue weighted by molar-refractivity contribution is 5.99. The molecular formula is C11H11F5N2O. The molecule has 0 aliphatic carbocycles. The molecule has 0 aliphatic rings. The predicted molar refractivity (Wildman–Crippen MR) is 58.4 cm³/mol. The van der Waals surface area contributed by atoms with Crippen LogP contribution in [0.4, 0.5) is 27.6 Å². The quantitative estimate of drug-likeness (QED) is 0.506. The van der Waals surface area contributed by atoms with Gasteiger partial charge in [-0.25, -0.2) is 8.78 Å². The van der Waals surface area contributed by atoms with Gasteiger partial charge in [-0.05, 0) is 12.5 Å². The first kappa shape index (κ1) is 15.2. The van der Waals surface area contributed by atoms with Crippen LogP contribution in [0.3, 0.4) is 0 Å². The van der Waals surface area contributed by atoms with Gasteiger partial charge in [-0.1, -0.05) is 0 Å². The van der Waals surface area contributed by atoms with Crippen molar-refractivity contribution in [3.8, 4) is 0 Å². The number of halogens is 5. The second kappa shape index (κ2) is 5.85. The summed E-state index contributed by atoms with van der Waals surface area (Å²) in [5.74, 6) is -3.31. The number of alkyl halides is 3. The molecule has 0 radical (unpaired) electrons. The molecule has 1 aromatic rings. The number of hydrogen-bond acceptors (Lipinski definition) is 2. The van der Waals surface area contributed by atoms with E-state index in [-0.39, 0.29) is 24.2 Å². The fourth-order valence-corrected chi connectivity index (χ4v) is 1.34. The third-order valence-corrected chi connectivity index (χ3v) is 2.26. The molecule has 1 rings (SSSR count). The Kier molecular flexibility index (Phi) is 4.68. The Labute approximate surface area is 105 Å². The summed E-state index contributed by atoms with van der Waals surface area (Å²) in [5.41, 5.74) is 4.72. The number of amides is 1. The highest BCUT2D eigenvalue weighted by atomic mass is 19.4. The van der Waals surface area contributed by atoms with Crippen molar-refractivity contribution in [3.05, 3.63) is 29.3 Å². The monoisotopic (exact) mass is 282 g/mol. The van der Waals surface area contributed by atoms with Crippen LogP contribution >= 0.6 is 0 Å². The van der Waals surface area contributed by atoms with Crippen molar-refractivity contribution >= 4 is 11.6 Å². The van der Waals surface area contributed by atoms with Crippen LogP contribution in [0.1, 0.15) is 23.2 Å². The fourth-order valence-electron chi connectivity index (χ4n) is 1.34. The zero-order valence-corrected chi connectivity index (χ0v) is 9.65. The second-order valence-electron chi connectivity index (χ2n) is 3.83. The number of benzene rings is 1. The van der Waals surface area contributed by atoms with Gasteiger partial charge in [-0.3, -0.25) is 4.79 Å². The predicted octanol–water partition coefficient (Wildman–Crippen LogP) is 2.62. The molecule has 1 aromatic carbocycles. The molecule has 19 heavy (non-hydrogen) atoms. The topological polar surface area (TPSA) is 55.1 Å². The number of carbonyl (C=O) groups is 1. The normalized spacial score (nSPS) is 11.4. The van der Waals surface area contributed by atoms with Gasteiger partial charge in [0.15, 0.2) is 11.6 Å². The van der Waals surface area contributed by atoms with Crippen LogP contribution in [0.25, 0.3) is 0 Å². The summed E-state index contributed by atoms with van der Waals surface area (Å²) in [4.78, 5) is 11.5. The molecule has 0 aromatic heterocycles. The Morgan fingerprint density at radius 3 is 2.37 bits per heavy atom. The van der Waals surface area contributed by atoms with Gasteiger partial charge in [0.25, 0.3) is 5.91 Å². The van der Waals surface area contributed by atoms with E-state index in [4.69, 9.17) is 5.73 Å². The molecule has 3 nitrogen and oxygen atoms in total. The summed E-state index contributed by atoms with van der Waals surface area (Å²) in [7, 11) is 0. The van der Waals surface area contributed by atoms with Gasteiger partial charge >= 0.3 is 6.18 Å². The highest BCUT2D eigenvalue weighted by Crippen LogP contribution is 2.21. The Hall–Kier alpha value is -1.86. The molecular weight excluding hydrogens is 271 g/mol. The van der Waals surface area contributed by atoms with Crippen LogP contribution in [0.2, 0.25) is 0 Å². The average molecular weight is 282 g/mol. The lowest BCUT2D eigenvalue weighted by molar-refractivity contribution is -0.135. The number of carbonyl (C=O) groups excluding carboxylic acids is 1. The van der Waals surface area contributed by atoms with Crippen molar-refractivity contribution in [1.29, 1.82) is 0 Å². The maximum atomic E-state index is 12.9. The van der Waals surface area contributed by atoms with E-state index in [1.54, 1.807) is 0 Å². The first-order chi connectivity index (χ1) is 8.70. The zero-order chi connectivity index (χ0) is 14.6. The molecule has 0 saturated carbocycles. The SMILES string of the molecule is Nc1cc(F)c(F)cc1C(=O)NCCCC(F)(F)F. The number of nitrogens with one attached hydrogen (secondary N) is 1. The first-order valence-corrected chi connectivity index (χ1v) is 5.30. The smallest absolute Gasteiger partial charge is 0.389 e. The van der Waals surface area contributed by atoms with Gasteiger partial charge in [-0.2, -0.15) is 13.2 Å². The minimum Gasteiger partial charge on any atom is -0.398 e. The molecule has 1 amide bonds. The van der Waals surface area contributed by atoms with E-state index in [2.05, 4.69) is 5.32 Å². The molecule has 106 valence electrons. The van der Waals surface area contributed by atoms with Crippen molar-refractivity contribution in [1.82, 2.24) is 5.32 Å². The standard InChI is InChI=1S/C11H11F5N2O/c12-7-4-6(9(17)5-8(7)13)10(19)18-3-1-2-11(14,15)16/h4-5H,1-3,17H2,(H,18,19). The third kappa shape index (κ3) is 4.72. The minimum absolute atomic E-state index is 0.239. The molecule has 0 aliphatic heterocycles. The Morgan fingerprint density at radius 1 is 1.21 bits per heavy atom. The number of anilines is 1. The lowest BCUT2D eigenvalue weighted by Gasteiger charge is -2.09. The molecule has 8 heteroatoms. The molecule has 0 unspecified atom stereocenters. The molecule has 0 heterocycles. The minimum atomic E-state index is -4.30. The summed E-state index contributed by atoms with van der Waals surface area (Å²) in [5, 5.41) is 2.15. The van der Waals surface area contributed by atoms with E-state index in [1.165, 1.54) is 0 Å². The van der Waals surface area contributed by atoms with Gasteiger partial charge < -0.3 is 11.1 Å². The number of nitrogen functional groups attached to an aromatic ring is 1. The van der Waals surface area contributed by atoms with Gasteiger partial charge in [0, 0.05) is 24.7 Å². The van der Waals surface area contributed by atoms with Gasteiger partial charge in [0.05, 0.1) is 5.56 Å². The molecule has 0 saturated heterocycles. The number of rotatable bonds is 4. The lowest BCUT2D eigenvalue weighted by atomic mass is 10.1. The van der Waals surface area contributed by atoms with E-state index in [0.717, 1.165) is 0 Å². The number of hydrogen-bond donors (Lipinski definition) is 2.